The van der Waals surface area contributed by atoms with Crippen LogP contribution in [0.15, 0.2) is 0 Å². The second-order valence-corrected chi connectivity index (χ2v) is 3.46. The van der Waals surface area contributed by atoms with Gasteiger partial charge in [-0.3, -0.25) is 4.79 Å². The zero-order valence-electron chi connectivity index (χ0n) is 9.59. The van der Waals surface area contributed by atoms with Gasteiger partial charge in [0.1, 0.15) is 0 Å². The summed E-state index contributed by atoms with van der Waals surface area (Å²) in [6.45, 7) is 3.90. The van der Waals surface area contributed by atoms with Gasteiger partial charge in [-0.15, -0.1) is 0 Å². The van der Waals surface area contributed by atoms with Crippen LogP contribution in [0.3, 0.4) is 0 Å². The first-order valence-electron chi connectivity index (χ1n) is 5.52. The number of hydrogen-bond donors (Lipinski definition) is 2. The lowest BCUT2D eigenvalue weighted by Crippen LogP contribution is -2.01. The van der Waals surface area contributed by atoms with Crippen molar-refractivity contribution in [3.8, 4) is 0 Å². The van der Waals surface area contributed by atoms with Gasteiger partial charge in [-0.25, -0.2) is 0 Å². The highest BCUT2D eigenvalue weighted by molar-refractivity contribution is 5.70. The zero-order chi connectivity index (χ0) is 11.2. The minimum atomic E-state index is -0.333. The average Bonchev–Trinajstić information content (AvgIpc) is 2.10. The molecule has 0 aliphatic rings. The number of carbonyl (C=O) groups is 1. The molecule has 0 unspecified atom stereocenters. The van der Waals surface area contributed by atoms with Crippen molar-refractivity contribution in [3.63, 3.8) is 0 Å². The predicted molar refractivity (Wildman–Crippen MR) is 59.9 cm³/mol. The Morgan fingerprint density at radius 1 is 1.07 bits per heavy atom. The number of amides is 1. The summed E-state index contributed by atoms with van der Waals surface area (Å²) in [6.07, 6.45) is 8.93. The Labute approximate surface area is 87.7 Å². The van der Waals surface area contributed by atoms with Crippen LogP contribution < -0.4 is 5.73 Å². The third kappa shape index (κ3) is 30.1. The summed E-state index contributed by atoms with van der Waals surface area (Å²) < 4.78 is 0. The third-order valence-corrected chi connectivity index (χ3v) is 1.76. The number of nitrogens with two attached hydrogens (primary N) is 1. The molecule has 0 aliphatic carbocycles. The smallest absolute Gasteiger partial charge is 0.214 e. The number of aliphatic hydroxyl groups is 1. The van der Waals surface area contributed by atoms with Gasteiger partial charge in [0.05, 0.1) is 0 Å². The Bertz CT molecular complexity index is 104. The van der Waals surface area contributed by atoms with E-state index >= 15 is 0 Å². The minimum Gasteiger partial charge on any atom is -0.396 e. The SMILES string of the molecule is CC(N)=O.CCCCCCCCCO. The molecule has 0 bridgehead atoms. The fraction of sp³-hybridized carbons (Fsp3) is 0.909. The van der Waals surface area contributed by atoms with Gasteiger partial charge < -0.3 is 10.8 Å². The van der Waals surface area contributed by atoms with Crippen molar-refractivity contribution in [2.75, 3.05) is 6.61 Å². The number of aliphatic hydroxyl groups excluding tert-OH is 1. The van der Waals surface area contributed by atoms with Crippen LogP contribution in [0, 0.1) is 0 Å². The van der Waals surface area contributed by atoms with Crippen LogP contribution in [0.4, 0.5) is 0 Å². The van der Waals surface area contributed by atoms with Gasteiger partial charge in [0.15, 0.2) is 0 Å². The molecule has 0 radical (unpaired) electrons. The molecule has 0 aromatic rings. The minimum absolute atomic E-state index is 0.333. The molecule has 0 atom stereocenters. The van der Waals surface area contributed by atoms with E-state index in [1.54, 1.807) is 0 Å². The quantitative estimate of drug-likeness (QED) is 0.623. The first-order valence-corrected chi connectivity index (χ1v) is 5.52. The zero-order valence-corrected chi connectivity index (χ0v) is 9.59. The van der Waals surface area contributed by atoms with Crippen molar-refractivity contribution in [1.29, 1.82) is 0 Å². The van der Waals surface area contributed by atoms with Crippen LogP contribution in [0.25, 0.3) is 0 Å². The number of hydrogen-bond acceptors (Lipinski definition) is 2. The van der Waals surface area contributed by atoms with Crippen LogP contribution in [0.2, 0.25) is 0 Å². The Balaban J connectivity index is 0. The summed E-state index contributed by atoms with van der Waals surface area (Å²) in [5.41, 5.74) is 4.47. The summed E-state index contributed by atoms with van der Waals surface area (Å²) in [5.74, 6) is -0.333. The van der Waals surface area contributed by atoms with Crippen LogP contribution in [0.5, 0.6) is 0 Å². The van der Waals surface area contributed by atoms with Crippen molar-refractivity contribution in [2.45, 2.75) is 58.8 Å². The first kappa shape index (κ1) is 15.9. The Morgan fingerprint density at radius 2 is 1.43 bits per heavy atom. The Kier molecular flexibility index (Phi) is 16.9. The fourth-order valence-corrected chi connectivity index (χ4v) is 1.07. The predicted octanol–water partition coefficient (Wildman–Crippen LogP) is 2.22. The highest BCUT2D eigenvalue weighted by Gasteiger charge is 1.88. The van der Waals surface area contributed by atoms with Crippen molar-refractivity contribution < 1.29 is 9.90 Å². The summed E-state index contributed by atoms with van der Waals surface area (Å²) in [4.78, 5) is 9.22. The van der Waals surface area contributed by atoms with Gasteiger partial charge in [-0.05, 0) is 6.42 Å². The second kappa shape index (κ2) is 14.9. The number of rotatable bonds is 7. The molecule has 0 saturated heterocycles. The average molecular weight is 203 g/mol. The van der Waals surface area contributed by atoms with Gasteiger partial charge in [-0.1, -0.05) is 45.4 Å². The van der Waals surface area contributed by atoms with Gasteiger partial charge in [-0.2, -0.15) is 0 Å². The topological polar surface area (TPSA) is 63.3 Å². The lowest BCUT2D eigenvalue weighted by atomic mass is 10.1. The molecule has 3 nitrogen and oxygen atoms in total. The largest absolute Gasteiger partial charge is 0.396 e. The number of carbonyl (C=O) groups excluding carboxylic acids is 1. The van der Waals surface area contributed by atoms with E-state index in [2.05, 4.69) is 12.7 Å². The van der Waals surface area contributed by atoms with E-state index in [4.69, 9.17) is 5.11 Å². The van der Waals surface area contributed by atoms with E-state index in [0.29, 0.717) is 6.61 Å². The maximum absolute atomic E-state index is 9.22. The number of unbranched alkanes of at least 4 members (excludes halogenated alkanes) is 6. The highest BCUT2D eigenvalue weighted by atomic mass is 16.2. The Morgan fingerprint density at radius 3 is 1.79 bits per heavy atom. The lowest BCUT2D eigenvalue weighted by Gasteiger charge is -1.97. The molecule has 0 aromatic heterocycles. The normalized spacial score (nSPS) is 9.07. The molecule has 14 heavy (non-hydrogen) atoms. The molecule has 86 valence electrons. The fourth-order valence-electron chi connectivity index (χ4n) is 1.07. The van der Waals surface area contributed by atoms with E-state index in [0.717, 1.165) is 6.42 Å². The maximum Gasteiger partial charge on any atom is 0.214 e. The van der Waals surface area contributed by atoms with Crippen molar-refractivity contribution >= 4 is 5.91 Å². The molecule has 0 saturated carbocycles. The molecular weight excluding hydrogens is 178 g/mol. The summed E-state index contributed by atoms with van der Waals surface area (Å²) >= 11 is 0. The van der Waals surface area contributed by atoms with Crippen molar-refractivity contribution in [2.24, 2.45) is 5.73 Å². The van der Waals surface area contributed by atoms with E-state index in [-0.39, 0.29) is 5.91 Å². The van der Waals surface area contributed by atoms with Crippen molar-refractivity contribution in [3.05, 3.63) is 0 Å². The molecular formula is C11H25NO2. The van der Waals surface area contributed by atoms with Gasteiger partial charge >= 0.3 is 0 Å². The molecule has 0 rings (SSSR count). The summed E-state index contributed by atoms with van der Waals surface area (Å²) in [6, 6.07) is 0. The van der Waals surface area contributed by atoms with E-state index in [1.165, 1.54) is 45.4 Å². The molecule has 0 aromatic carbocycles. The molecule has 0 fully saturated rings. The van der Waals surface area contributed by atoms with Crippen LogP contribution >= 0.6 is 0 Å². The Hall–Kier alpha value is -0.570. The molecule has 0 heterocycles. The summed E-state index contributed by atoms with van der Waals surface area (Å²) in [7, 11) is 0. The van der Waals surface area contributed by atoms with E-state index < -0.39 is 0 Å². The van der Waals surface area contributed by atoms with Crippen LogP contribution in [0.1, 0.15) is 58.8 Å². The molecule has 3 N–H and O–H groups in total. The van der Waals surface area contributed by atoms with Crippen LogP contribution in [-0.2, 0) is 4.79 Å². The summed E-state index contributed by atoms with van der Waals surface area (Å²) in [5, 5.41) is 8.47. The highest BCUT2D eigenvalue weighted by Crippen LogP contribution is 2.05. The number of primary amides is 1. The second-order valence-electron chi connectivity index (χ2n) is 3.46. The molecule has 3 heteroatoms. The van der Waals surface area contributed by atoms with E-state index in [9.17, 15) is 4.79 Å². The monoisotopic (exact) mass is 203 g/mol. The van der Waals surface area contributed by atoms with Crippen LogP contribution in [-0.4, -0.2) is 17.6 Å². The van der Waals surface area contributed by atoms with E-state index in [1.807, 2.05) is 0 Å². The standard InChI is InChI=1S/C9H20O.C2H5NO/c1-2-3-4-5-6-7-8-9-10;1-2(3)4/h10H,2-9H2,1H3;1H3,(H2,3,4). The first-order chi connectivity index (χ1) is 6.65. The molecule has 0 aliphatic heterocycles. The molecule has 1 amide bonds. The maximum atomic E-state index is 9.22. The van der Waals surface area contributed by atoms with Gasteiger partial charge in [0.25, 0.3) is 0 Å². The lowest BCUT2D eigenvalue weighted by molar-refractivity contribution is -0.115. The van der Waals surface area contributed by atoms with Gasteiger partial charge in [0.2, 0.25) is 5.91 Å². The molecule has 0 spiro atoms. The van der Waals surface area contributed by atoms with Crippen molar-refractivity contribution in [1.82, 2.24) is 0 Å². The van der Waals surface area contributed by atoms with Gasteiger partial charge in [0, 0.05) is 13.5 Å². The third-order valence-electron chi connectivity index (χ3n) is 1.76.